The van der Waals surface area contributed by atoms with Crippen molar-refractivity contribution in [2.75, 3.05) is 5.32 Å². The van der Waals surface area contributed by atoms with E-state index in [0.717, 1.165) is 10.6 Å². The van der Waals surface area contributed by atoms with Crippen LogP contribution in [-0.2, 0) is 0 Å². The van der Waals surface area contributed by atoms with Gasteiger partial charge in [0.1, 0.15) is 9.88 Å². The van der Waals surface area contributed by atoms with E-state index in [2.05, 4.69) is 15.3 Å². The van der Waals surface area contributed by atoms with E-state index in [-0.39, 0.29) is 5.91 Å². The molecule has 106 valence electrons. The summed E-state index contributed by atoms with van der Waals surface area (Å²) in [6.45, 7) is 1.82. The summed E-state index contributed by atoms with van der Waals surface area (Å²) in [5.74, 6) is -0.187. The van der Waals surface area contributed by atoms with Crippen LogP contribution in [-0.4, -0.2) is 15.9 Å². The van der Waals surface area contributed by atoms with E-state index in [1.807, 2.05) is 36.6 Å². The molecular weight excluding hydrogens is 326 g/mol. The van der Waals surface area contributed by atoms with Crippen molar-refractivity contribution >= 4 is 45.3 Å². The standard InChI is InChI=1S/C14H10ClN3OS2/c1-8-11(12(19)18-14-16-5-6-20-14)21-13(17-8)9-3-2-4-10(15)7-9/h2-7H,1H3,(H,16,18,19). The van der Waals surface area contributed by atoms with Crippen molar-refractivity contribution in [2.45, 2.75) is 6.92 Å². The van der Waals surface area contributed by atoms with Gasteiger partial charge in [0, 0.05) is 22.2 Å². The summed E-state index contributed by atoms with van der Waals surface area (Å²) < 4.78 is 0. The number of halogens is 1. The van der Waals surface area contributed by atoms with Gasteiger partial charge in [-0.15, -0.1) is 22.7 Å². The molecule has 1 amide bonds. The zero-order chi connectivity index (χ0) is 14.8. The van der Waals surface area contributed by atoms with E-state index in [0.29, 0.717) is 20.7 Å². The second-order valence-corrected chi connectivity index (χ2v) is 6.57. The van der Waals surface area contributed by atoms with Gasteiger partial charge in [0.05, 0.1) is 5.69 Å². The third-order valence-corrected chi connectivity index (χ3v) is 4.86. The quantitative estimate of drug-likeness (QED) is 0.767. The van der Waals surface area contributed by atoms with Crippen LogP contribution in [0, 0.1) is 6.92 Å². The molecule has 0 spiro atoms. The number of nitrogens with one attached hydrogen (secondary N) is 1. The van der Waals surface area contributed by atoms with Gasteiger partial charge in [-0.1, -0.05) is 23.7 Å². The van der Waals surface area contributed by atoms with Gasteiger partial charge >= 0.3 is 0 Å². The highest BCUT2D eigenvalue weighted by Gasteiger charge is 2.17. The van der Waals surface area contributed by atoms with Gasteiger partial charge in [-0.05, 0) is 19.1 Å². The molecule has 3 rings (SSSR count). The van der Waals surface area contributed by atoms with E-state index in [4.69, 9.17) is 11.6 Å². The Kier molecular flexibility index (Phi) is 4.01. The highest BCUT2D eigenvalue weighted by molar-refractivity contribution is 7.17. The van der Waals surface area contributed by atoms with E-state index >= 15 is 0 Å². The molecular formula is C14H10ClN3OS2. The minimum Gasteiger partial charge on any atom is -0.297 e. The Balaban J connectivity index is 1.89. The first-order valence-electron chi connectivity index (χ1n) is 6.07. The van der Waals surface area contributed by atoms with Crippen molar-refractivity contribution < 1.29 is 4.79 Å². The second-order valence-electron chi connectivity index (χ2n) is 4.24. The van der Waals surface area contributed by atoms with Crippen molar-refractivity contribution in [3.63, 3.8) is 0 Å². The number of rotatable bonds is 3. The predicted molar refractivity (Wildman–Crippen MR) is 87.4 cm³/mol. The van der Waals surface area contributed by atoms with E-state index in [1.165, 1.54) is 22.7 Å². The SMILES string of the molecule is Cc1nc(-c2cccc(Cl)c2)sc1C(=O)Nc1nccs1. The number of amides is 1. The summed E-state index contributed by atoms with van der Waals surface area (Å²) in [5, 5.41) is 6.59. The molecule has 1 aromatic carbocycles. The Hall–Kier alpha value is -1.76. The Morgan fingerprint density at radius 1 is 1.38 bits per heavy atom. The number of aryl methyl sites for hydroxylation is 1. The molecule has 21 heavy (non-hydrogen) atoms. The summed E-state index contributed by atoms with van der Waals surface area (Å²) >= 11 is 8.72. The molecule has 0 saturated heterocycles. The van der Waals surface area contributed by atoms with Gasteiger partial charge in [0.25, 0.3) is 5.91 Å². The highest BCUT2D eigenvalue weighted by atomic mass is 35.5. The first kappa shape index (κ1) is 14.2. The van der Waals surface area contributed by atoms with Crippen LogP contribution >= 0.6 is 34.3 Å². The van der Waals surface area contributed by atoms with Crippen LogP contribution < -0.4 is 5.32 Å². The van der Waals surface area contributed by atoms with Crippen molar-refractivity contribution in [2.24, 2.45) is 0 Å². The Bertz CT molecular complexity index is 783. The van der Waals surface area contributed by atoms with Crippen LogP contribution in [0.15, 0.2) is 35.8 Å². The van der Waals surface area contributed by atoms with Gasteiger partial charge in [-0.2, -0.15) is 0 Å². The molecule has 0 bridgehead atoms. The van der Waals surface area contributed by atoms with Gasteiger partial charge in [0.15, 0.2) is 5.13 Å². The van der Waals surface area contributed by atoms with Crippen LogP contribution in [0.1, 0.15) is 15.4 Å². The lowest BCUT2D eigenvalue weighted by Crippen LogP contribution is -2.11. The Labute approximate surface area is 134 Å². The van der Waals surface area contributed by atoms with Crippen LogP contribution in [0.3, 0.4) is 0 Å². The summed E-state index contributed by atoms with van der Waals surface area (Å²) in [6, 6.07) is 7.43. The Morgan fingerprint density at radius 2 is 2.24 bits per heavy atom. The number of carbonyl (C=O) groups excluding carboxylic acids is 1. The zero-order valence-electron chi connectivity index (χ0n) is 11.0. The van der Waals surface area contributed by atoms with Crippen molar-refractivity contribution in [1.82, 2.24) is 9.97 Å². The van der Waals surface area contributed by atoms with Crippen molar-refractivity contribution in [3.8, 4) is 10.6 Å². The van der Waals surface area contributed by atoms with Gasteiger partial charge < -0.3 is 0 Å². The molecule has 2 heterocycles. The molecule has 2 aromatic heterocycles. The van der Waals surface area contributed by atoms with E-state index in [1.54, 1.807) is 6.20 Å². The lowest BCUT2D eigenvalue weighted by Gasteiger charge is -1.98. The monoisotopic (exact) mass is 335 g/mol. The molecule has 0 aliphatic carbocycles. The highest BCUT2D eigenvalue weighted by Crippen LogP contribution is 2.30. The number of hydrogen-bond acceptors (Lipinski definition) is 5. The number of nitrogens with zero attached hydrogens (tertiary/aromatic N) is 2. The summed E-state index contributed by atoms with van der Waals surface area (Å²) in [6.07, 6.45) is 1.65. The van der Waals surface area contributed by atoms with Gasteiger partial charge in [0.2, 0.25) is 0 Å². The van der Waals surface area contributed by atoms with E-state index < -0.39 is 0 Å². The second kappa shape index (κ2) is 5.93. The number of carbonyl (C=O) groups is 1. The maximum absolute atomic E-state index is 12.2. The molecule has 0 fully saturated rings. The van der Waals surface area contributed by atoms with Gasteiger partial charge in [-0.3, -0.25) is 10.1 Å². The zero-order valence-corrected chi connectivity index (χ0v) is 13.4. The lowest BCUT2D eigenvalue weighted by atomic mass is 10.2. The van der Waals surface area contributed by atoms with Crippen LogP contribution in [0.4, 0.5) is 5.13 Å². The predicted octanol–water partition coefficient (Wildman–Crippen LogP) is 4.48. The molecule has 0 saturated carbocycles. The van der Waals surface area contributed by atoms with Crippen LogP contribution in [0.25, 0.3) is 10.6 Å². The molecule has 7 heteroatoms. The maximum Gasteiger partial charge on any atom is 0.269 e. The number of benzene rings is 1. The number of hydrogen-bond donors (Lipinski definition) is 1. The fourth-order valence-corrected chi connectivity index (χ4v) is 3.46. The summed E-state index contributed by atoms with van der Waals surface area (Å²) in [4.78, 5) is 21.3. The number of aromatic nitrogens is 2. The van der Waals surface area contributed by atoms with Gasteiger partial charge in [-0.25, -0.2) is 9.97 Å². The molecule has 0 unspecified atom stereocenters. The minimum absolute atomic E-state index is 0.187. The molecule has 1 N–H and O–H groups in total. The molecule has 0 aliphatic rings. The normalized spacial score (nSPS) is 10.6. The molecule has 0 aliphatic heterocycles. The lowest BCUT2D eigenvalue weighted by molar-refractivity contribution is 0.103. The average molecular weight is 336 g/mol. The number of thiazole rings is 2. The van der Waals surface area contributed by atoms with Crippen LogP contribution in [0.5, 0.6) is 0 Å². The third-order valence-electron chi connectivity index (χ3n) is 2.73. The minimum atomic E-state index is -0.187. The molecule has 0 radical (unpaired) electrons. The maximum atomic E-state index is 12.2. The Morgan fingerprint density at radius 3 is 2.95 bits per heavy atom. The first-order chi connectivity index (χ1) is 10.1. The fraction of sp³-hybridized carbons (Fsp3) is 0.0714. The van der Waals surface area contributed by atoms with Crippen molar-refractivity contribution in [3.05, 3.63) is 51.4 Å². The van der Waals surface area contributed by atoms with Crippen LogP contribution in [0.2, 0.25) is 5.02 Å². The first-order valence-corrected chi connectivity index (χ1v) is 8.15. The fourth-order valence-electron chi connectivity index (χ4n) is 1.79. The van der Waals surface area contributed by atoms with Crippen molar-refractivity contribution in [1.29, 1.82) is 0 Å². The largest absolute Gasteiger partial charge is 0.297 e. The average Bonchev–Trinajstić information content (AvgIpc) is 3.08. The molecule has 3 aromatic rings. The smallest absolute Gasteiger partial charge is 0.269 e. The number of anilines is 1. The topological polar surface area (TPSA) is 54.9 Å². The summed E-state index contributed by atoms with van der Waals surface area (Å²) in [5.41, 5.74) is 1.60. The molecule has 0 atom stereocenters. The third kappa shape index (κ3) is 3.12. The molecule has 4 nitrogen and oxygen atoms in total. The van der Waals surface area contributed by atoms with E-state index in [9.17, 15) is 4.79 Å². The summed E-state index contributed by atoms with van der Waals surface area (Å²) in [7, 11) is 0.